The second-order valence-corrected chi connectivity index (χ2v) is 8.99. The molecule has 0 aliphatic heterocycles. The van der Waals surface area contributed by atoms with E-state index < -0.39 is 0 Å². The summed E-state index contributed by atoms with van der Waals surface area (Å²) in [4.78, 5) is 15.3. The predicted octanol–water partition coefficient (Wildman–Crippen LogP) is 5.25. The van der Waals surface area contributed by atoms with Crippen molar-refractivity contribution < 1.29 is 13.6 Å². The Hall–Kier alpha value is -3.52. The summed E-state index contributed by atoms with van der Waals surface area (Å²) in [6.45, 7) is 4.03. The topological polar surface area (TPSA) is 77.1 Å². The first kappa shape index (κ1) is 22.3. The summed E-state index contributed by atoms with van der Waals surface area (Å²) in [5, 5.41) is 13.5. The Morgan fingerprint density at radius 3 is 2.56 bits per heavy atom. The average molecular weight is 480 g/mol. The van der Waals surface area contributed by atoms with Crippen molar-refractivity contribution in [2.24, 2.45) is 0 Å². The number of halogens is 2. The van der Waals surface area contributed by atoms with Crippen molar-refractivity contribution in [2.45, 2.75) is 45.7 Å². The number of hydrogen-bond donors (Lipinski definition) is 0. The molecule has 0 fully saturated rings. The van der Waals surface area contributed by atoms with E-state index in [0.29, 0.717) is 22.5 Å². The monoisotopic (exact) mass is 479 g/mol. The molecule has 2 aromatic carbocycles. The van der Waals surface area contributed by atoms with Gasteiger partial charge in [0, 0.05) is 27.9 Å². The Bertz CT molecular complexity index is 1330. The maximum atomic E-state index is 13.6. The molecule has 0 unspecified atom stereocenters. The van der Waals surface area contributed by atoms with E-state index in [9.17, 15) is 9.18 Å². The van der Waals surface area contributed by atoms with Gasteiger partial charge in [-0.1, -0.05) is 11.6 Å². The SMILES string of the molecule is CC(C)N(Cc1nnc(-c2ccc(Cl)cc2)o1)C(=O)c1nn(-c2ccc(F)cc2)c2c1CCC2. The second kappa shape index (κ2) is 9.02. The first-order chi connectivity index (χ1) is 16.4. The molecule has 34 heavy (non-hydrogen) atoms. The van der Waals surface area contributed by atoms with Gasteiger partial charge in [0.1, 0.15) is 5.82 Å². The van der Waals surface area contributed by atoms with Crippen molar-refractivity contribution >= 4 is 17.5 Å². The van der Waals surface area contributed by atoms with E-state index in [0.717, 1.165) is 41.8 Å². The summed E-state index contributed by atoms with van der Waals surface area (Å²) in [5.74, 6) is 0.193. The molecule has 2 aromatic heterocycles. The van der Waals surface area contributed by atoms with Crippen molar-refractivity contribution in [3.05, 3.63) is 82.2 Å². The molecule has 9 heteroatoms. The van der Waals surface area contributed by atoms with E-state index in [4.69, 9.17) is 16.0 Å². The molecule has 0 saturated heterocycles. The minimum atomic E-state index is -0.313. The molecule has 5 rings (SSSR count). The largest absolute Gasteiger partial charge is 0.419 e. The Kier molecular flexibility index (Phi) is 5.91. The third-order valence-electron chi connectivity index (χ3n) is 5.95. The quantitative estimate of drug-likeness (QED) is 0.377. The summed E-state index contributed by atoms with van der Waals surface area (Å²) in [6, 6.07) is 13.1. The fraction of sp³-hybridized carbons (Fsp3) is 0.280. The maximum absolute atomic E-state index is 13.6. The fourth-order valence-corrected chi connectivity index (χ4v) is 4.33. The molecule has 0 saturated carbocycles. The Morgan fingerprint density at radius 2 is 1.85 bits per heavy atom. The molecule has 4 aromatic rings. The normalized spacial score (nSPS) is 12.9. The molecule has 1 aliphatic carbocycles. The molecule has 1 amide bonds. The minimum absolute atomic E-state index is 0.119. The summed E-state index contributed by atoms with van der Waals surface area (Å²) in [6.07, 6.45) is 2.55. The van der Waals surface area contributed by atoms with Crippen molar-refractivity contribution in [3.8, 4) is 17.1 Å². The van der Waals surface area contributed by atoms with E-state index in [1.165, 1.54) is 12.1 Å². The highest BCUT2D eigenvalue weighted by atomic mass is 35.5. The first-order valence-corrected chi connectivity index (χ1v) is 11.5. The number of fused-ring (bicyclic) bond motifs is 1. The molecular weight excluding hydrogens is 457 g/mol. The van der Waals surface area contributed by atoms with Crippen LogP contribution in [0, 0.1) is 5.82 Å². The smallest absolute Gasteiger partial charge is 0.275 e. The maximum Gasteiger partial charge on any atom is 0.275 e. The van der Waals surface area contributed by atoms with Gasteiger partial charge in [0.25, 0.3) is 5.91 Å². The molecule has 174 valence electrons. The molecule has 1 aliphatic rings. The van der Waals surface area contributed by atoms with Crippen LogP contribution in [0.3, 0.4) is 0 Å². The van der Waals surface area contributed by atoms with Crippen LogP contribution >= 0.6 is 11.6 Å². The molecule has 7 nitrogen and oxygen atoms in total. The average Bonchev–Trinajstić information content (AvgIpc) is 3.55. The van der Waals surface area contributed by atoms with E-state index >= 15 is 0 Å². The van der Waals surface area contributed by atoms with E-state index in [2.05, 4.69) is 15.3 Å². The van der Waals surface area contributed by atoms with Crippen LogP contribution in [0.4, 0.5) is 4.39 Å². The number of carbonyl (C=O) groups is 1. The molecule has 0 radical (unpaired) electrons. The van der Waals surface area contributed by atoms with Gasteiger partial charge in [-0.05, 0) is 81.6 Å². The lowest BCUT2D eigenvalue weighted by atomic mass is 10.1. The van der Waals surface area contributed by atoms with Gasteiger partial charge in [-0.15, -0.1) is 10.2 Å². The van der Waals surface area contributed by atoms with Gasteiger partial charge in [0.05, 0.1) is 12.2 Å². The lowest BCUT2D eigenvalue weighted by molar-refractivity contribution is 0.0664. The molecule has 2 heterocycles. The standard InChI is InChI=1S/C25H23ClFN5O2/c1-15(2)31(14-22-28-29-24(34-22)16-6-8-17(26)9-7-16)25(33)23-20-4-3-5-21(20)32(30-23)19-12-10-18(27)11-13-19/h6-13,15H,3-5,14H2,1-2H3. The van der Waals surface area contributed by atoms with Gasteiger partial charge in [-0.25, -0.2) is 9.07 Å². The zero-order valence-corrected chi connectivity index (χ0v) is 19.6. The van der Waals surface area contributed by atoms with Crippen molar-refractivity contribution in [3.63, 3.8) is 0 Å². The summed E-state index contributed by atoms with van der Waals surface area (Å²) in [5.41, 5.74) is 3.86. The van der Waals surface area contributed by atoms with Gasteiger partial charge in [0.2, 0.25) is 11.8 Å². The zero-order chi connectivity index (χ0) is 23.8. The van der Waals surface area contributed by atoms with E-state index in [1.54, 1.807) is 46.0 Å². The number of aromatic nitrogens is 4. The van der Waals surface area contributed by atoms with Crippen LogP contribution in [-0.2, 0) is 19.4 Å². The highest BCUT2D eigenvalue weighted by Gasteiger charge is 2.31. The van der Waals surface area contributed by atoms with Crippen molar-refractivity contribution in [1.82, 2.24) is 24.9 Å². The summed E-state index contributed by atoms with van der Waals surface area (Å²) in [7, 11) is 0. The molecular formula is C25H23ClFN5O2. The van der Waals surface area contributed by atoms with Crippen molar-refractivity contribution in [1.29, 1.82) is 0 Å². The van der Waals surface area contributed by atoms with Crippen LogP contribution in [0.2, 0.25) is 5.02 Å². The number of carbonyl (C=O) groups excluding carboxylic acids is 1. The number of amides is 1. The van der Waals surface area contributed by atoms with Gasteiger partial charge < -0.3 is 9.32 Å². The van der Waals surface area contributed by atoms with Crippen LogP contribution < -0.4 is 0 Å². The fourth-order valence-electron chi connectivity index (χ4n) is 4.20. The number of hydrogen-bond acceptors (Lipinski definition) is 5. The van der Waals surface area contributed by atoms with Crippen LogP contribution in [0.25, 0.3) is 17.1 Å². The lowest BCUT2D eigenvalue weighted by Gasteiger charge is -2.24. The Morgan fingerprint density at radius 1 is 1.12 bits per heavy atom. The van der Waals surface area contributed by atoms with Gasteiger partial charge in [-0.3, -0.25) is 4.79 Å². The van der Waals surface area contributed by atoms with E-state index in [-0.39, 0.29) is 24.3 Å². The Labute approximate surface area is 201 Å². The highest BCUT2D eigenvalue weighted by molar-refractivity contribution is 6.30. The third kappa shape index (κ3) is 4.21. The highest BCUT2D eigenvalue weighted by Crippen LogP contribution is 2.29. The van der Waals surface area contributed by atoms with Gasteiger partial charge in [0.15, 0.2) is 5.69 Å². The molecule has 0 spiro atoms. The van der Waals surface area contributed by atoms with Crippen molar-refractivity contribution in [2.75, 3.05) is 0 Å². The second-order valence-electron chi connectivity index (χ2n) is 8.55. The van der Waals surface area contributed by atoms with Gasteiger partial charge in [-0.2, -0.15) is 5.10 Å². The lowest BCUT2D eigenvalue weighted by Crippen LogP contribution is -2.37. The number of nitrogens with zero attached hydrogens (tertiary/aromatic N) is 5. The zero-order valence-electron chi connectivity index (χ0n) is 18.8. The molecule has 0 bridgehead atoms. The Balaban J connectivity index is 1.43. The van der Waals surface area contributed by atoms with Crippen LogP contribution in [-0.4, -0.2) is 36.8 Å². The van der Waals surface area contributed by atoms with E-state index in [1.807, 2.05) is 13.8 Å². The number of rotatable bonds is 6. The van der Waals surface area contributed by atoms with Crippen LogP contribution in [0.1, 0.15) is 47.9 Å². The van der Waals surface area contributed by atoms with Crippen LogP contribution in [0.15, 0.2) is 52.9 Å². The summed E-state index contributed by atoms with van der Waals surface area (Å²) >= 11 is 5.95. The number of benzene rings is 2. The third-order valence-corrected chi connectivity index (χ3v) is 6.20. The predicted molar refractivity (Wildman–Crippen MR) is 125 cm³/mol. The van der Waals surface area contributed by atoms with Gasteiger partial charge >= 0.3 is 0 Å². The first-order valence-electron chi connectivity index (χ1n) is 11.2. The summed E-state index contributed by atoms with van der Waals surface area (Å²) < 4.78 is 21.0. The van der Waals surface area contributed by atoms with Crippen LogP contribution in [0.5, 0.6) is 0 Å². The molecule has 0 atom stereocenters. The molecule has 0 N–H and O–H groups in total. The minimum Gasteiger partial charge on any atom is -0.419 e.